The van der Waals surface area contributed by atoms with Crippen molar-refractivity contribution in [2.45, 2.75) is 181 Å². The van der Waals surface area contributed by atoms with Crippen molar-refractivity contribution < 1.29 is 15.0 Å². The first-order chi connectivity index (χ1) is 18.2. The molecule has 0 fully saturated rings. The van der Waals surface area contributed by atoms with Crippen molar-refractivity contribution in [1.29, 1.82) is 0 Å². The molecule has 2 N–H and O–H groups in total. The highest BCUT2D eigenvalue weighted by molar-refractivity contribution is 5.66. The first-order valence-electron chi connectivity index (χ1n) is 16.3. The van der Waals surface area contributed by atoms with Crippen molar-refractivity contribution >= 4 is 5.97 Å². The normalized spacial score (nSPS) is 11.3. The van der Waals surface area contributed by atoms with Crippen LogP contribution in [0.1, 0.15) is 181 Å². The molecule has 0 radical (unpaired) electrons. The van der Waals surface area contributed by atoms with Crippen LogP contribution in [0.5, 0.6) is 0 Å². The predicted octanol–water partition coefficient (Wildman–Crippen LogP) is 11.3. The van der Waals surface area contributed by atoms with E-state index in [0.29, 0.717) is 13.0 Å². The number of carboxylic acid groups (broad SMARTS) is 1. The van der Waals surface area contributed by atoms with Crippen LogP contribution in [0.25, 0.3) is 0 Å². The molecule has 0 atom stereocenters. The molecule has 220 valence electrons. The molecule has 3 heteroatoms. The number of allylic oxidation sites excluding steroid dienone is 4. The van der Waals surface area contributed by atoms with Crippen molar-refractivity contribution in [2.24, 2.45) is 0 Å². The lowest BCUT2D eigenvalue weighted by Gasteiger charge is -2.02. The van der Waals surface area contributed by atoms with Gasteiger partial charge in [0.1, 0.15) is 0 Å². The second-order valence-corrected chi connectivity index (χ2v) is 10.7. The van der Waals surface area contributed by atoms with Crippen LogP contribution in [0.15, 0.2) is 24.3 Å². The summed E-state index contributed by atoms with van der Waals surface area (Å²) >= 11 is 0. The van der Waals surface area contributed by atoms with E-state index in [1.165, 1.54) is 128 Å². The molecule has 0 heterocycles. The molecule has 37 heavy (non-hydrogen) atoms. The van der Waals surface area contributed by atoms with Gasteiger partial charge in [-0.3, -0.25) is 4.79 Å². The highest BCUT2D eigenvalue weighted by Crippen LogP contribution is 2.13. The summed E-state index contributed by atoms with van der Waals surface area (Å²) in [6.45, 7) is 4.89. The predicted molar refractivity (Wildman–Crippen MR) is 164 cm³/mol. The summed E-state index contributed by atoms with van der Waals surface area (Å²) in [6.07, 6.45) is 41.5. The van der Waals surface area contributed by atoms with Crippen LogP contribution in [0.3, 0.4) is 0 Å². The van der Waals surface area contributed by atoms with Gasteiger partial charge in [-0.1, -0.05) is 154 Å². The summed E-state index contributed by atoms with van der Waals surface area (Å²) in [5.74, 6) is -0.671. The van der Waals surface area contributed by atoms with Crippen LogP contribution < -0.4 is 0 Å². The largest absolute Gasteiger partial charge is 0.481 e. The molecule has 0 spiro atoms. The maximum Gasteiger partial charge on any atom is 0.303 e. The third-order valence-electron chi connectivity index (χ3n) is 6.85. The van der Waals surface area contributed by atoms with Crippen LogP contribution in [0.4, 0.5) is 0 Å². The van der Waals surface area contributed by atoms with E-state index >= 15 is 0 Å². The molecule has 0 aliphatic carbocycles. The van der Waals surface area contributed by atoms with Crippen LogP contribution >= 0.6 is 0 Å². The van der Waals surface area contributed by atoms with Gasteiger partial charge in [-0.15, -0.1) is 0 Å². The van der Waals surface area contributed by atoms with E-state index in [4.69, 9.17) is 10.2 Å². The Morgan fingerprint density at radius 1 is 0.486 bits per heavy atom. The Morgan fingerprint density at radius 3 is 1.27 bits per heavy atom. The quantitative estimate of drug-likeness (QED) is 0.0793. The third-order valence-corrected chi connectivity index (χ3v) is 6.85. The van der Waals surface area contributed by atoms with Crippen molar-refractivity contribution in [3.8, 4) is 0 Å². The van der Waals surface area contributed by atoms with Gasteiger partial charge in [-0.25, -0.2) is 0 Å². The Morgan fingerprint density at radius 2 is 0.838 bits per heavy atom. The van der Waals surface area contributed by atoms with Gasteiger partial charge in [-0.05, 0) is 44.9 Å². The van der Waals surface area contributed by atoms with Gasteiger partial charge in [0.25, 0.3) is 0 Å². The average Bonchev–Trinajstić information content (AvgIpc) is 2.89. The SMILES string of the molecule is CCCCC/C=C\C/C=C\CCCCCCCC(=O)O.CCCCCCCCCCCCCCCCO. The number of aliphatic hydroxyl groups is 1. The fourth-order valence-corrected chi connectivity index (χ4v) is 4.39. The number of rotatable bonds is 28. The zero-order chi connectivity index (χ0) is 27.5. The molecule has 0 unspecified atom stereocenters. The maximum absolute atomic E-state index is 10.3. The molecule has 0 aromatic carbocycles. The monoisotopic (exact) mass is 523 g/mol. The number of hydrogen-bond acceptors (Lipinski definition) is 2. The molecule has 0 aromatic heterocycles. The number of carbonyl (C=O) groups is 1. The first-order valence-corrected chi connectivity index (χ1v) is 16.3. The number of carboxylic acids is 1. The minimum absolute atomic E-state index is 0.324. The van der Waals surface area contributed by atoms with Gasteiger partial charge in [0.15, 0.2) is 0 Å². The van der Waals surface area contributed by atoms with E-state index in [1.807, 2.05) is 0 Å². The highest BCUT2D eigenvalue weighted by Gasteiger charge is 1.96. The third kappa shape index (κ3) is 42.3. The molecule has 0 aliphatic heterocycles. The van der Waals surface area contributed by atoms with E-state index in [2.05, 4.69) is 38.2 Å². The van der Waals surface area contributed by atoms with Crippen molar-refractivity contribution in [2.75, 3.05) is 6.61 Å². The highest BCUT2D eigenvalue weighted by atomic mass is 16.4. The second kappa shape index (κ2) is 37.1. The topological polar surface area (TPSA) is 57.5 Å². The summed E-state index contributed by atoms with van der Waals surface area (Å²) in [5.41, 5.74) is 0. The lowest BCUT2D eigenvalue weighted by molar-refractivity contribution is -0.137. The van der Waals surface area contributed by atoms with E-state index in [0.717, 1.165) is 32.1 Å². The average molecular weight is 523 g/mol. The van der Waals surface area contributed by atoms with Gasteiger partial charge in [-0.2, -0.15) is 0 Å². The lowest BCUT2D eigenvalue weighted by Crippen LogP contribution is -1.93. The summed E-state index contributed by atoms with van der Waals surface area (Å²) < 4.78 is 0. The Labute approximate surface area is 232 Å². The molecular weight excluding hydrogens is 456 g/mol. The van der Waals surface area contributed by atoms with Crippen molar-refractivity contribution in [3.05, 3.63) is 24.3 Å². The van der Waals surface area contributed by atoms with Crippen molar-refractivity contribution in [1.82, 2.24) is 0 Å². The molecule has 0 amide bonds. The molecule has 0 aromatic rings. The fraction of sp³-hybridized carbons (Fsp3) is 0.853. The summed E-state index contributed by atoms with van der Waals surface area (Å²) in [4.78, 5) is 10.3. The van der Waals surface area contributed by atoms with Gasteiger partial charge in [0.2, 0.25) is 0 Å². The Hall–Kier alpha value is -1.09. The summed E-state index contributed by atoms with van der Waals surface area (Å²) in [6, 6.07) is 0. The molecule has 0 aliphatic rings. The van der Waals surface area contributed by atoms with E-state index in [1.54, 1.807) is 0 Å². The van der Waals surface area contributed by atoms with Gasteiger partial charge in [0, 0.05) is 13.0 Å². The number of aliphatic hydroxyl groups excluding tert-OH is 1. The summed E-state index contributed by atoms with van der Waals surface area (Å²) in [7, 11) is 0. The maximum atomic E-state index is 10.3. The standard InChI is InChI=1S/C18H32O2.C16H34O/c1-2-3-4-5-6-7-8-9-10-11-12-13-14-15-16-17-18(19)20;1-2-3-4-5-6-7-8-9-10-11-12-13-14-15-16-17/h6-7,9-10H,2-5,8,11-17H2,1H3,(H,19,20);17H,2-16H2,1H3/b7-6-,10-9-;. The molecule has 0 saturated heterocycles. The Bertz CT molecular complexity index is 456. The minimum Gasteiger partial charge on any atom is -0.481 e. The van der Waals surface area contributed by atoms with Gasteiger partial charge >= 0.3 is 5.97 Å². The van der Waals surface area contributed by atoms with Crippen LogP contribution in [0.2, 0.25) is 0 Å². The second-order valence-electron chi connectivity index (χ2n) is 10.7. The lowest BCUT2D eigenvalue weighted by atomic mass is 10.0. The molecule has 0 rings (SSSR count). The van der Waals surface area contributed by atoms with Crippen LogP contribution in [-0.2, 0) is 4.79 Å². The van der Waals surface area contributed by atoms with E-state index in [9.17, 15) is 4.79 Å². The smallest absolute Gasteiger partial charge is 0.303 e. The Balaban J connectivity index is 0. The molecule has 0 saturated carbocycles. The van der Waals surface area contributed by atoms with Gasteiger partial charge < -0.3 is 10.2 Å². The first kappa shape index (κ1) is 38.1. The number of hydrogen-bond donors (Lipinski definition) is 2. The summed E-state index contributed by atoms with van der Waals surface area (Å²) in [5, 5.41) is 17.1. The zero-order valence-electron chi connectivity index (χ0n) is 25.2. The molecule has 3 nitrogen and oxygen atoms in total. The minimum atomic E-state index is -0.671. The zero-order valence-corrected chi connectivity index (χ0v) is 25.2. The fourth-order valence-electron chi connectivity index (χ4n) is 4.39. The number of unbranched alkanes of at least 4 members (excludes halogenated alkanes) is 21. The number of aliphatic carboxylic acids is 1. The van der Waals surface area contributed by atoms with Crippen LogP contribution in [0, 0.1) is 0 Å². The van der Waals surface area contributed by atoms with Crippen molar-refractivity contribution in [3.63, 3.8) is 0 Å². The molecular formula is C34H66O3. The van der Waals surface area contributed by atoms with Gasteiger partial charge in [0.05, 0.1) is 0 Å². The molecule has 0 bridgehead atoms. The van der Waals surface area contributed by atoms with E-state index in [-0.39, 0.29) is 0 Å². The van der Waals surface area contributed by atoms with E-state index < -0.39 is 5.97 Å². The van der Waals surface area contributed by atoms with Crippen LogP contribution in [-0.4, -0.2) is 22.8 Å². The Kier molecular flexibility index (Phi) is 38.1.